The van der Waals surface area contributed by atoms with Crippen molar-refractivity contribution in [2.45, 2.75) is 32.2 Å². The van der Waals surface area contributed by atoms with Gasteiger partial charge in [0, 0.05) is 38.7 Å². The van der Waals surface area contributed by atoms with Crippen LogP contribution < -0.4 is 10.2 Å². The quantitative estimate of drug-likeness (QED) is 0.855. The van der Waals surface area contributed by atoms with E-state index in [0.29, 0.717) is 12.8 Å². The molecule has 0 fully saturated rings. The van der Waals surface area contributed by atoms with Gasteiger partial charge >= 0.3 is 0 Å². The van der Waals surface area contributed by atoms with Crippen LogP contribution >= 0.6 is 0 Å². The van der Waals surface area contributed by atoms with Gasteiger partial charge < -0.3 is 14.6 Å². The van der Waals surface area contributed by atoms with Crippen molar-refractivity contribution in [2.24, 2.45) is 0 Å². The van der Waals surface area contributed by atoms with Gasteiger partial charge in [-0.25, -0.2) is 0 Å². The highest BCUT2D eigenvalue weighted by molar-refractivity contribution is 5.76. The van der Waals surface area contributed by atoms with E-state index < -0.39 is 0 Å². The van der Waals surface area contributed by atoms with Crippen LogP contribution in [0.1, 0.15) is 24.7 Å². The second kappa shape index (κ2) is 7.69. The number of carbonyl (C=O) groups is 1. The van der Waals surface area contributed by atoms with Crippen LogP contribution in [0, 0.1) is 0 Å². The number of hydrogen-bond acceptors (Lipinski definition) is 3. The molecule has 0 spiro atoms. The van der Waals surface area contributed by atoms with E-state index in [4.69, 9.17) is 4.42 Å². The van der Waals surface area contributed by atoms with Crippen molar-refractivity contribution in [2.75, 3.05) is 19.0 Å². The third kappa shape index (κ3) is 4.95. The Labute approximate surface area is 132 Å². The molecule has 1 aromatic heterocycles. The number of nitrogens with zero attached hydrogens (tertiary/aromatic N) is 1. The Bertz CT molecular complexity index is 574. The lowest BCUT2D eigenvalue weighted by molar-refractivity contribution is -0.121. The molecule has 4 nitrogen and oxygen atoms in total. The highest BCUT2D eigenvalue weighted by Gasteiger charge is 2.09. The van der Waals surface area contributed by atoms with Crippen LogP contribution in [-0.4, -0.2) is 26.0 Å². The number of furan rings is 1. The molecule has 0 radical (unpaired) electrons. The molecule has 0 aliphatic rings. The summed E-state index contributed by atoms with van der Waals surface area (Å²) in [5.41, 5.74) is 2.41. The summed E-state index contributed by atoms with van der Waals surface area (Å²) in [6.45, 7) is 2.03. The molecule has 0 aliphatic heterocycles. The number of amides is 1. The molecule has 2 aromatic rings. The molecular formula is C18H24N2O2. The maximum absolute atomic E-state index is 11.9. The minimum atomic E-state index is 0.0637. The number of benzene rings is 1. The van der Waals surface area contributed by atoms with E-state index >= 15 is 0 Å². The summed E-state index contributed by atoms with van der Waals surface area (Å²) >= 11 is 0. The third-order valence-electron chi connectivity index (χ3n) is 3.58. The van der Waals surface area contributed by atoms with Crippen molar-refractivity contribution >= 4 is 11.6 Å². The first-order valence-corrected chi connectivity index (χ1v) is 7.62. The van der Waals surface area contributed by atoms with Crippen molar-refractivity contribution in [3.8, 4) is 0 Å². The van der Waals surface area contributed by atoms with Crippen LogP contribution in [0.25, 0.3) is 0 Å². The Hall–Kier alpha value is -2.23. The maximum Gasteiger partial charge on any atom is 0.220 e. The predicted molar refractivity (Wildman–Crippen MR) is 89.1 cm³/mol. The van der Waals surface area contributed by atoms with Crippen molar-refractivity contribution < 1.29 is 9.21 Å². The van der Waals surface area contributed by atoms with Gasteiger partial charge in [0.25, 0.3) is 0 Å². The number of carbonyl (C=O) groups excluding carboxylic acids is 1. The molecule has 22 heavy (non-hydrogen) atoms. The monoisotopic (exact) mass is 300 g/mol. The second-order valence-corrected chi connectivity index (χ2v) is 5.81. The fraction of sp³-hybridized carbons (Fsp3) is 0.389. The average Bonchev–Trinajstić information content (AvgIpc) is 2.99. The Morgan fingerprint density at radius 3 is 2.55 bits per heavy atom. The van der Waals surface area contributed by atoms with Crippen molar-refractivity contribution in [3.05, 3.63) is 54.0 Å². The van der Waals surface area contributed by atoms with Crippen LogP contribution in [0.5, 0.6) is 0 Å². The minimum absolute atomic E-state index is 0.0637. The smallest absolute Gasteiger partial charge is 0.220 e. The van der Waals surface area contributed by atoms with E-state index in [1.54, 1.807) is 6.26 Å². The highest BCUT2D eigenvalue weighted by atomic mass is 16.3. The topological polar surface area (TPSA) is 45.5 Å². The zero-order chi connectivity index (χ0) is 15.9. The lowest BCUT2D eigenvalue weighted by Gasteiger charge is -2.16. The summed E-state index contributed by atoms with van der Waals surface area (Å²) < 4.78 is 5.23. The van der Waals surface area contributed by atoms with Crippen LogP contribution in [0.2, 0.25) is 0 Å². The minimum Gasteiger partial charge on any atom is -0.469 e. The summed E-state index contributed by atoms with van der Waals surface area (Å²) in [7, 11) is 4.05. The number of anilines is 1. The van der Waals surface area contributed by atoms with Gasteiger partial charge in [-0.1, -0.05) is 12.1 Å². The maximum atomic E-state index is 11.9. The molecule has 0 saturated carbocycles. The van der Waals surface area contributed by atoms with Crippen molar-refractivity contribution in [1.82, 2.24) is 5.32 Å². The molecule has 1 aromatic carbocycles. The van der Waals surface area contributed by atoms with E-state index in [0.717, 1.165) is 12.2 Å². The molecule has 1 N–H and O–H groups in total. The van der Waals surface area contributed by atoms with Gasteiger partial charge in [-0.15, -0.1) is 0 Å². The van der Waals surface area contributed by atoms with Gasteiger partial charge in [-0.2, -0.15) is 0 Å². The molecule has 2 rings (SSSR count). The van der Waals surface area contributed by atoms with Gasteiger partial charge in [-0.3, -0.25) is 4.79 Å². The van der Waals surface area contributed by atoms with Crippen LogP contribution in [0.4, 0.5) is 5.69 Å². The Morgan fingerprint density at radius 2 is 1.95 bits per heavy atom. The van der Waals surface area contributed by atoms with E-state index in [-0.39, 0.29) is 11.9 Å². The van der Waals surface area contributed by atoms with Crippen molar-refractivity contribution in [1.29, 1.82) is 0 Å². The number of hydrogen-bond donors (Lipinski definition) is 1. The molecule has 0 unspecified atom stereocenters. The fourth-order valence-corrected chi connectivity index (χ4v) is 2.37. The lowest BCUT2D eigenvalue weighted by atomic mass is 10.1. The van der Waals surface area contributed by atoms with E-state index in [2.05, 4.69) is 34.5 Å². The van der Waals surface area contributed by atoms with Gasteiger partial charge in [0.05, 0.1) is 6.26 Å². The Balaban J connectivity index is 1.76. The highest BCUT2D eigenvalue weighted by Crippen LogP contribution is 2.13. The number of aryl methyl sites for hydroxylation is 1. The molecule has 118 valence electrons. The summed E-state index contributed by atoms with van der Waals surface area (Å²) in [4.78, 5) is 14.0. The van der Waals surface area contributed by atoms with Crippen molar-refractivity contribution in [3.63, 3.8) is 0 Å². The van der Waals surface area contributed by atoms with Gasteiger partial charge in [0.1, 0.15) is 5.76 Å². The van der Waals surface area contributed by atoms with E-state index in [9.17, 15) is 4.79 Å². The molecule has 1 atom stereocenters. The number of rotatable bonds is 7. The zero-order valence-electron chi connectivity index (χ0n) is 13.5. The summed E-state index contributed by atoms with van der Waals surface area (Å²) in [5.74, 6) is 0.913. The predicted octanol–water partition coefficient (Wildman–Crippen LogP) is 3.03. The first-order valence-electron chi connectivity index (χ1n) is 7.62. The largest absolute Gasteiger partial charge is 0.469 e. The molecule has 1 heterocycles. The molecule has 0 aliphatic carbocycles. The standard InChI is InChI=1S/C18H24N2O2/c1-14(13-15-6-8-16(9-7-15)20(2)3)19-18(21)11-10-17-5-4-12-22-17/h4-9,12,14H,10-11,13H2,1-3H3,(H,19,21)/t14-/m0/s1. The molecule has 0 bridgehead atoms. The van der Waals surface area contributed by atoms with Gasteiger partial charge in [-0.05, 0) is 43.2 Å². The normalized spacial score (nSPS) is 12.0. The summed E-state index contributed by atoms with van der Waals surface area (Å²) in [5, 5.41) is 3.04. The van der Waals surface area contributed by atoms with Crippen LogP contribution in [0.15, 0.2) is 47.1 Å². The van der Waals surface area contributed by atoms with E-state index in [1.165, 1.54) is 11.3 Å². The zero-order valence-corrected chi connectivity index (χ0v) is 13.5. The van der Waals surface area contributed by atoms with Gasteiger partial charge in [0.15, 0.2) is 0 Å². The van der Waals surface area contributed by atoms with Crippen LogP contribution in [-0.2, 0) is 17.6 Å². The summed E-state index contributed by atoms with van der Waals surface area (Å²) in [6.07, 6.45) is 3.56. The average molecular weight is 300 g/mol. The SMILES string of the molecule is C[C@@H](Cc1ccc(N(C)C)cc1)NC(=O)CCc1ccco1. The third-order valence-corrected chi connectivity index (χ3v) is 3.58. The van der Waals surface area contributed by atoms with E-state index in [1.807, 2.05) is 33.2 Å². The molecular weight excluding hydrogens is 276 g/mol. The molecule has 4 heteroatoms. The Morgan fingerprint density at radius 1 is 1.23 bits per heavy atom. The second-order valence-electron chi connectivity index (χ2n) is 5.81. The molecule has 1 amide bonds. The first-order chi connectivity index (χ1) is 10.5. The summed E-state index contributed by atoms with van der Waals surface area (Å²) in [6, 6.07) is 12.3. The van der Waals surface area contributed by atoms with Gasteiger partial charge in [0.2, 0.25) is 5.91 Å². The lowest BCUT2D eigenvalue weighted by Crippen LogP contribution is -2.34. The Kier molecular flexibility index (Phi) is 5.64. The first kappa shape index (κ1) is 16.1. The van der Waals surface area contributed by atoms with Crippen LogP contribution in [0.3, 0.4) is 0 Å². The molecule has 0 saturated heterocycles. The number of nitrogens with one attached hydrogen (secondary N) is 1. The fourth-order valence-electron chi connectivity index (χ4n) is 2.37.